The molecule has 2 rings (SSSR count). The summed E-state index contributed by atoms with van der Waals surface area (Å²) < 4.78 is 0. The van der Waals surface area contributed by atoms with Crippen molar-refractivity contribution < 1.29 is 0 Å². The summed E-state index contributed by atoms with van der Waals surface area (Å²) in [6.07, 6.45) is 7.76. The highest BCUT2D eigenvalue weighted by Gasteiger charge is 2.19. The van der Waals surface area contributed by atoms with Gasteiger partial charge in [-0.3, -0.25) is 0 Å². The second-order valence-corrected chi connectivity index (χ2v) is 6.12. The third kappa shape index (κ3) is 4.64. The maximum absolute atomic E-state index is 4.41. The van der Waals surface area contributed by atoms with E-state index >= 15 is 0 Å². The van der Waals surface area contributed by atoms with Gasteiger partial charge in [0, 0.05) is 35.8 Å². The number of aromatic nitrogens is 2. The van der Waals surface area contributed by atoms with Gasteiger partial charge in [0.15, 0.2) is 0 Å². The van der Waals surface area contributed by atoms with Gasteiger partial charge in [-0.2, -0.15) is 11.8 Å². The van der Waals surface area contributed by atoms with Gasteiger partial charge in [0.1, 0.15) is 5.82 Å². The Morgan fingerprint density at radius 1 is 1.41 bits per heavy atom. The summed E-state index contributed by atoms with van der Waals surface area (Å²) in [4.78, 5) is 8.82. The fraction of sp³-hybridized carbons (Fsp3) is 0.692. The molecule has 1 aliphatic rings. The minimum Gasteiger partial charge on any atom is -0.310 e. The molecule has 1 saturated carbocycles. The van der Waals surface area contributed by atoms with E-state index in [4.69, 9.17) is 0 Å². The van der Waals surface area contributed by atoms with Crippen LogP contribution in [0.2, 0.25) is 0 Å². The van der Waals surface area contributed by atoms with Crippen molar-refractivity contribution in [2.45, 2.75) is 56.7 Å². The quantitative estimate of drug-likeness (QED) is 0.808. The number of nitrogens with zero attached hydrogens (tertiary/aromatic N) is 2. The van der Waals surface area contributed by atoms with E-state index in [1.54, 1.807) is 0 Å². The van der Waals surface area contributed by atoms with Crippen LogP contribution in [0.3, 0.4) is 0 Å². The third-order valence-electron chi connectivity index (χ3n) is 3.00. The first kappa shape index (κ1) is 12.8. The second-order valence-electron chi connectivity index (χ2n) is 4.69. The topological polar surface area (TPSA) is 37.8 Å². The predicted molar refractivity (Wildman–Crippen MR) is 72.9 cm³/mol. The van der Waals surface area contributed by atoms with Crippen molar-refractivity contribution >= 4 is 11.8 Å². The number of hydrogen-bond donors (Lipinski definition) is 1. The van der Waals surface area contributed by atoms with Crippen molar-refractivity contribution in [2.24, 2.45) is 0 Å². The molecule has 1 aliphatic carbocycles. The van der Waals surface area contributed by atoms with Crippen LogP contribution in [-0.2, 0) is 12.3 Å². The lowest BCUT2D eigenvalue weighted by molar-refractivity contribution is 0.682. The maximum Gasteiger partial charge on any atom is 0.138 e. The molecule has 0 bridgehead atoms. The van der Waals surface area contributed by atoms with E-state index in [1.165, 1.54) is 24.8 Å². The van der Waals surface area contributed by atoms with Crippen LogP contribution in [0.25, 0.3) is 0 Å². The van der Waals surface area contributed by atoms with Gasteiger partial charge < -0.3 is 5.32 Å². The van der Waals surface area contributed by atoms with Crippen LogP contribution in [0.15, 0.2) is 12.4 Å². The minimum absolute atomic E-state index is 0.690. The zero-order chi connectivity index (χ0) is 12.1. The molecular weight excluding hydrogens is 230 g/mol. The lowest BCUT2D eigenvalue weighted by Crippen LogP contribution is -2.15. The third-order valence-corrected chi connectivity index (χ3v) is 4.33. The van der Waals surface area contributed by atoms with E-state index in [-0.39, 0.29) is 0 Å². The SMILES string of the molecule is CCC(C)SCc1ncc(CNC2CC2)cn1. The second kappa shape index (κ2) is 6.36. The Bertz CT molecular complexity index is 335. The molecule has 0 amide bonds. The number of thioether (sulfide) groups is 1. The van der Waals surface area contributed by atoms with Crippen LogP contribution in [0.1, 0.15) is 44.5 Å². The summed E-state index contributed by atoms with van der Waals surface area (Å²) in [7, 11) is 0. The van der Waals surface area contributed by atoms with Crippen LogP contribution in [-0.4, -0.2) is 21.3 Å². The monoisotopic (exact) mass is 251 g/mol. The van der Waals surface area contributed by atoms with Crippen molar-refractivity contribution in [3.8, 4) is 0 Å². The Balaban J connectivity index is 1.75. The summed E-state index contributed by atoms with van der Waals surface area (Å²) in [6.45, 7) is 5.37. The van der Waals surface area contributed by atoms with E-state index in [0.29, 0.717) is 5.25 Å². The largest absolute Gasteiger partial charge is 0.310 e. The van der Waals surface area contributed by atoms with Crippen molar-refractivity contribution in [3.63, 3.8) is 0 Å². The summed E-state index contributed by atoms with van der Waals surface area (Å²) in [5.41, 5.74) is 1.19. The molecule has 17 heavy (non-hydrogen) atoms. The highest BCUT2D eigenvalue weighted by Crippen LogP contribution is 2.19. The van der Waals surface area contributed by atoms with E-state index in [1.807, 2.05) is 24.2 Å². The minimum atomic E-state index is 0.690. The van der Waals surface area contributed by atoms with Crippen LogP contribution < -0.4 is 5.32 Å². The first-order chi connectivity index (χ1) is 8.28. The van der Waals surface area contributed by atoms with Gasteiger partial charge in [0.2, 0.25) is 0 Å². The zero-order valence-corrected chi connectivity index (χ0v) is 11.5. The van der Waals surface area contributed by atoms with Gasteiger partial charge in [-0.25, -0.2) is 9.97 Å². The fourth-order valence-corrected chi connectivity index (χ4v) is 2.25. The standard InChI is InChI=1S/C13H21N3S/c1-3-10(2)17-9-13-15-7-11(8-16-13)6-14-12-4-5-12/h7-8,10,12,14H,3-6,9H2,1-2H3. The molecule has 0 radical (unpaired) electrons. The Kier molecular flexibility index (Phi) is 4.80. The molecule has 0 saturated heterocycles. The number of nitrogens with one attached hydrogen (secondary N) is 1. The normalized spacial score (nSPS) is 17.1. The fourth-order valence-electron chi connectivity index (χ4n) is 1.43. The Morgan fingerprint density at radius 3 is 2.71 bits per heavy atom. The highest BCUT2D eigenvalue weighted by atomic mass is 32.2. The molecule has 0 aliphatic heterocycles. The van der Waals surface area contributed by atoms with Gasteiger partial charge in [0.25, 0.3) is 0 Å². The van der Waals surface area contributed by atoms with Crippen LogP contribution in [0, 0.1) is 0 Å². The van der Waals surface area contributed by atoms with E-state index in [2.05, 4.69) is 29.1 Å². The molecule has 1 fully saturated rings. The maximum atomic E-state index is 4.41. The smallest absolute Gasteiger partial charge is 0.138 e. The van der Waals surface area contributed by atoms with E-state index in [9.17, 15) is 0 Å². The van der Waals surface area contributed by atoms with Gasteiger partial charge in [-0.15, -0.1) is 0 Å². The van der Waals surface area contributed by atoms with Gasteiger partial charge in [-0.1, -0.05) is 13.8 Å². The molecule has 3 nitrogen and oxygen atoms in total. The van der Waals surface area contributed by atoms with Crippen molar-refractivity contribution in [1.82, 2.24) is 15.3 Å². The molecule has 1 atom stereocenters. The first-order valence-electron chi connectivity index (χ1n) is 6.42. The molecular formula is C13H21N3S. The summed E-state index contributed by atoms with van der Waals surface area (Å²) in [5, 5.41) is 4.16. The van der Waals surface area contributed by atoms with Crippen LogP contribution >= 0.6 is 11.8 Å². The van der Waals surface area contributed by atoms with Gasteiger partial charge >= 0.3 is 0 Å². The lowest BCUT2D eigenvalue weighted by atomic mass is 10.3. The molecule has 1 heterocycles. The molecule has 1 unspecified atom stereocenters. The highest BCUT2D eigenvalue weighted by molar-refractivity contribution is 7.99. The molecule has 94 valence electrons. The molecule has 0 spiro atoms. The molecule has 0 aromatic carbocycles. The van der Waals surface area contributed by atoms with Crippen LogP contribution in [0.5, 0.6) is 0 Å². The first-order valence-corrected chi connectivity index (χ1v) is 7.47. The molecule has 1 aromatic heterocycles. The van der Waals surface area contributed by atoms with Gasteiger partial charge in [-0.05, 0) is 19.3 Å². The Hall–Kier alpha value is -0.610. The van der Waals surface area contributed by atoms with Crippen LogP contribution in [0.4, 0.5) is 0 Å². The Labute approximate surface area is 108 Å². The molecule has 1 aromatic rings. The lowest BCUT2D eigenvalue weighted by Gasteiger charge is -2.07. The van der Waals surface area contributed by atoms with Crippen molar-refractivity contribution in [2.75, 3.05) is 0 Å². The van der Waals surface area contributed by atoms with Crippen molar-refractivity contribution in [1.29, 1.82) is 0 Å². The Morgan fingerprint density at radius 2 is 2.12 bits per heavy atom. The summed E-state index contributed by atoms with van der Waals surface area (Å²) in [5.74, 6) is 1.87. The summed E-state index contributed by atoms with van der Waals surface area (Å²) in [6, 6.07) is 0.746. The molecule has 1 N–H and O–H groups in total. The average molecular weight is 251 g/mol. The zero-order valence-electron chi connectivity index (χ0n) is 10.6. The van der Waals surface area contributed by atoms with E-state index in [0.717, 1.165) is 24.2 Å². The van der Waals surface area contributed by atoms with E-state index < -0.39 is 0 Å². The number of rotatable bonds is 7. The average Bonchev–Trinajstić information content (AvgIpc) is 3.18. The summed E-state index contributed by atoms with van der Waals surface area (Å²) >= 11 is 1.92. The van der Waals surface area contributed by atoms with Gasteiger partial charge in [0.05, 0.1) is 5.75 Å². The molecule has 4 heteroatoms. The predicted octanol–water partition coefficient (Wildman–Crippen LogP) is 2.76. The number of hydrogen-bond acceptors (Lipinski definition) is 4. The van der Waals surface area contributed by atoms with Crippen molar-refractivity contribution in [3.05, 3.63) is 23.8 Å².